The lowest BCUT2D eigenvalue weighted by Crippen LogP contribution is -2.53. The summed E-state index contributed by atoms with van der Waals surface area (Å²) in [5.74, 6) is -0.286. The van der Waals surface area contributed by atoms with Crippen molar-refractivity contribution in [2.45, 2.75) is 42.7 Å². The van der Waals surface area contributed by atoms with Gasteiger partial charge in [-0.2, -0.15) is 0 Å². The molecule has 1 heterocycles. The number of pyridine rings is 1. The van der Waals surface area contributed by atoms with Gasteiger partial charge in [-0.05, 0) is 78.2 Å². The molecule has 4 aromatic rings. The molecule has 0 radical (unpaired) electrons. The van der Waals surface area contributed by atoms with Crippen molar-refractivity contribution < 1.29 is 13.2 Å². The Balaban J connectivity index is 1.30. The lowest BCUT2D eigenvalue weighted by atomic mass is 9.91. The highest BCUT2D eigenvalue weighted by atomic mass is 35.5. The molecule has 9 heteroatoms. The molecule has 2 atom stereocenters. The molecule has 1 aliphatic rings. The maximum absolute atomic E-state index is 13.2. The van der Waals surface area contributed by atoms with Crippen molar-refractivity contribution >= 4 is 38.3 Å². The Bertz CT molecular complexity index is 1620. The predicted molar refractivity (Wildman–Crippen MR) is 145 cm³/mol. The van der Waals surface area contributed by atoms with Crippen LogP contribution in [-0.4, -0.2) is 31.0 Å². The molecule has 1 aromatic heterocycles. The molecule has 1 aliphatic carbocycles. The average Bonchev–Trinajstić information content (AvgIpc) is 2.89. The number of carbonyl (C=O) groups is 1. The van der Waals surface area contributed by atoms with Crippen LogP contribution in [0.3, 0.4) is 0 Å². The van der Waals surface area contributed by atoms with Crippen LogP contribution >= 0.6 is 11.6 Å². The molecule has 7 nitrogen and oxygen atoms in total. The lowest BCUT2D eigenvalue weighted by molar-refractivity contribution is 0.0918. The zero-order chi connectivity index (χ0) is 26.0. The van der Waals surface area contributed by atoms with Crippen LogP contribution in [0.4, 0.5) is 0 Å². The van der Waals surface area contributed by atoms with Crippen LogP contribution in [0.25, 0.3) is 16.5 Å². The fourth-order valence-electron chi connectivity index (χ4n) is 4.74. The van der Waals surface area contributed by atoms with E-state index in [2.05, 4.69) is 10.0 Å². The monoisotopic (exact) mass is 535 g/mol. The van der Waals surface area contributed by atoms with Crippen molar-refractivity contribution in [3.8, 4) is 5.69 Å². The van der Waals surface area contributed by atoms with Crippen LogP contribution in [0.15, 0.2) is 94.7 Å². The fourth-order valence-corrected chi connectivity index (χ4v) is 6.27. The van der Waals surface area contributed by atoms with E-state index in [9.17, 15) is 18.0 Å². The highest BCUT2D eigenvalue weighted by Gasteiger charge is 2.31. The fraction of sp³-hybridized carbons (Fsp3) is 0.214. The van der Waals surface area contributed by atoms with Crippen LogP contribution in [-0.2, 0) is 10.0 Å². The Morgan fingerprint density at radius 1 is 0.865 bits per heavy atom. The van der Waals surface area contributed by atoms with E-state index in [1.807, 2.05) is 0 Å². The van der Waals surface area contributed by atoms with Crippen molar-refractivity contribution in [3.05, 3.63) is 106 Å². The number of carbonyl (C=O) groups excluding carboxylic acids is 1. The molecule has 0 spiro atoms. The zero-order valence-electron chi connectivity index (χ0n) is 19.9. The molecular weight excluding hydrogens is 510 g/mol. The number of rotatable bonds is 6. The highest BCUT2D eigenvalue weighted by molar-refractivity contribution is 7.89. The molecule has 3 aromatic carbocycles. The molecule has 0 unspecified atom stereocenters. The van der Waals surface area contributed by atoms with Crippen molar-refractivity contribution in [2.24, 2.45) is 0 Å². The summed E-state index contributed by atoms with van der Waals surface area (Å²) in [6.45, 7) is 0. The molecule has 37 heavy (non-hydrogen) atoms. The van der Waals surface area contributed by atoms with Crippen LogP contribution in [0, 0.1) is 0 Å². The van der Waals surface area contributed by atoms with Gasteiger partial charge in [0.05, 0.1) is 4.90 Å². The Morgan fingerprint density at radius 3 is 2.32 bits per heavy atom. The molecule has 5 rings (SSSR count). The van der Waals surface area contributed by atoms with Gasteiger partial charge in [0.15, 0.2) is 0 Å². The number of amides is 1. The molecule has 2 N–H and O–H groups in total. The summed E-state index contributed by atoms with van der Waals surface area (Å²) < 4.78 is 30.8. The minimum atomic E-state index is -3.80. The van der Waals surface area contributed by atoms with Crippen molar-refractivity contribution in [1.82, 2.24) is 14.6 Å². The molecule has 0 saturated heterocycles. The topological polar surface area (TPSA) is 97.3 Å². The quantitative estimate of drug-likeness (QED) is 0.375. The number of halogens is 1. The second-order valence-corrected chi connectivity index (χ2v) is 11.4. The van der Waals surface area contributed by atoms with Crippen molar-refractivity contribution in [1.29, 1.82) is 0 Å². The zero-order valence-corrected chi connectivity index (χ0v) is 21.5. The van der Waals surface area contributed by atoms with E-state index in [1.165, 1.54) is 10.6 Å². The first-order valence-corrected chi connectivity index (χ1v) is 14.0. The largest absolute Gasteiger partial charge is 0.348 e. The van der Waals surface area contributed by atoms with Gasteiger partial charge < -0.3 is 5.32 Å². The third-order valence-electron chi connectivity index (χ3n) is 6.70. The average molecular weight is 536 g/mol. The minimum absolute atomic E-state index is 0.160. The van der Waals surface area contributed by atoms with Gasteiger partial charge in [0.25, 0.3) is 11.5 Å². The molecule has 190 valence electrons. The molecule has 1 amide bonds. The highest BCUT2D eigenvalue weighted by Crippen LogP contribution is 2.25. The standard InChI is InChI=1S/C28H26ClN3O4S/c29-22-12-8-21-18-24(15-11-20(21)17-22)37(35,36)31-26-6-2-1-5-25(26)30-28(34)19-9-13-23(14-10-19)32-16-4-3-7-27(32)33/h3-4,7-18,25-26,31H,1-2,5-6H2,(H,30,34)/t25-,26+/m0/s1. The Morgan fingerprint density at radius 2 is 1.57 bits per heavy atom. The predicted octanol–water partition coefficient (Wildman–Crippen LogP) is 4.66. The summed E-state index contributed by atoms with van der Waals surface area (Å²) in [6.07, 6.45) is 4.74. The number of nitrogens with zero attached hydrogens (tertiary/aromatic N) is 1. The van der Waals surface area contributed by atoms with Gasteiger partial charge in [-0.15, -0.1) is 0 Å². The number of hydrogen-bond donors (Lipinski definition) is 2. The second-order valence-electron chi connectivity index (χ2n) is 9.20. The Labute approximate surface area is 220 Å². The molecule has 1 saturated carbocycles. The van der Waals surface area contributed by atoms with E-state index in [4.69, 9.17) is 11.6 Å². The van der Waals surface area contributed by atoms with Gasteiger partial charge in [-0.1, -0.05) is 42.6 Å². The first-order valence-electron chi connectivity index (χ1n) is 12.1. The number of aromatic nitrogens is 1. The van der Waals surface area contributed by atoms with Crippen LogP contribution in [0.2, 0.25) is 5.02 Å². The molecule has 1 fully saturated rings. The maximum atomic E-state index is 13.2. The van der Waals surface area contributed by atoms with Crippen LogP contribution < -0.4 is 15.6 Å². The summed E-state index contributed by atoms with van der Waals surface area (Å²) in [5.41, 5.74) is 0.934. The van der Waals surface area contributed by atoms with Crippen LogP contribution in [0.1, 0.15) is 36.0 Å². The SMILES string of the molecule is O=C(N[C@H]1CCCC[C@H]1NS(=O)(=O)c1ccc2cc(Cl)ccc2c1)c1ccc(-n2ccccc2=O)cc1. The Kier molecular flexibility index (Phi) is 7.15. The summed E-state index contributed by atoms with van der Waals surface area (Å²) >= 11 is 6.04. The van der Waals surface area contributed by atoms with E-state index in [-0.39, 0.29) is 22.4 Å². The van der Waals surface area contributed by atoms with Gasteiger partial charge in [0.2, 0.25) is 10.0 Å². The van der Waals surface area contributed by atoms with Gasteiger partial charge >= 0.3 is 0 Å². The smallest absolute Gasteiger partial charge is 0.255 e. The third kappa shape index (κ3) is 5.61. The van der Waals surface area contributed by atoms with E-state index in [0.29, 0.717) is 29.1 Å². The third-order valence-corrected chi connectivity index (χ3v) is 8.43. The second kappa shape index (κ2) is 10.5. The number of benzene rings is 3. The number of sulfonamides is 1. The number of nitrogens with one attached hydrogen (secondary N) is 2. The molecular formula is C28H26ClN3O4S. The summed E-state index contributed by atoms with van der Waals surface area (Å²) in [6, 6.07) is 21.1. The Hall–Kier alpha value is -3.46. The van der Waals surface area contributed by atoms with Crippen molar-refractivity contribution in [3.63, 3.8) is 0 Å². The summed E-state index contributed by atoms with van der Waals surface area (Å²) in [5, 5.41) is 5.24. The number of hydrogen-bond acceptors (Lipinski definition) is 4. The normalized spacial score (nSPS) is 18.0. The summed E-state index contributed by atoms with van der Waals surface area (Å²) in [4.78, 5) is 25.2. The first kappa shape index (κ1) is 25.2. The van der Waals surface area contributed by atoms with E-state index >= 15 is 0 Å². The number of fused-ring (bicyclic) bond motifs is 1. The molecule has 0 aliphatic heterocycles. The van der Waals surface area contributed by atoms with Crippen LogP contribution in [0.5, 0.6) is 0 Å². The van der Waals surface area contributed by atoms with Gasteiger partial charge in [0, 0.05) is 40.6 Å². The molecule has 0 bridgehead atoms. The minimum Gasteiger partial charge on any atom is -0.348 e. The van der Waals surface area contributed by atoms with Gasteiger partial charge in [-0.25, -0.2) is 13.1 Å². The first-order chi connectivity index (χ1) is 17.8. The van der Waals surface area contributed by atoms with E-state index in [1.54, 1.807) is 79.0 Å². The summed E-state index contributed by atoms with van der Waals surface area (Å²) in [7, 11) is -3.80. The van der Waals surface area contributed by atoms with E-state index in [0.717, 1.165) is 23.6 Å². The maximum Gasteiger partial charge on any atom is 0.255 e. The van der Waals surface area contributed by atoms with Gasteiger partial charge in [-0.3, -0.25) is 14.2 Å². The van der Waals surface area contributed by atoms with Crippen molar-refractivity contribution in [2.75, 3.05) is 0 Å². The lowest BCUT2D eigenvalue weighted by Gasteiger charge is -2.32. The van der Waals surface area contributed by atoms with Gasteiger partial charge in [0.1, 0.15) is 0 Å². The van der Waals surface area contributed by atoms with E-state index < -0.39 is 16.1 Å².